The molecule has 0 saturated heterocycles. The molecule has 0 heterocycles. The molecule has 3 aromatic rings. The van der Waals surface area contributed by atoms with Crippen molar-refractivity contribution in [3.8, 4) is 11.8 Å². The third kappa shape index (κ3) is 4.87. The van der Waals surface area contributed by atoms with Crippen LogP contribution in [0.25, 0.3) is 16.8 Å². The van der Waals surface area contributed by atoms with E-state index in [-0.39, 0.29) is 5.57 Å². The van der Waals surface area contributed by atoms with E-state index in [1.54, 1.807) is 6.08 Å². The van der Waals surface area contributed by atoms with Crippen LogP contribution in [0.15, 0.2) is 60.2 Å². The quantitative estimate of drug-likeness (QED) is 0.294. The van der Waals surface area contributed by atoms with E-state index < -0.39 is 5.91 Å². The number of hydrogen-bond acceptors (Lipinski definition) is 3. The summed E-state index contributed by atoms with van der Waals surface area (Å²) >= 11 is 0. The normalized spacial score (nSPS) is 11.2. The molecule has 3 aromatic carbocycles. The van der Waals surface area contributed by atoms with Crippen molar-refractivity contribution in [3.63, 3.8) is 0 Å². The summed E-state index contributed by atoms with van der Waals surface area (Å²) in [7, 11) is 0. The lowest BCUT2D eigenvalue weighted by Crippen LogP contribution is -2.13. The molecule has 0 saturated carbocycles. The maximum absolute atomic E-state index is 12.8. The van der Waals surface area contributed by atoms with E-state index in [2.05, 4.69) is 12.2 Å². The molecule has 0 aliphatic rings. The second kappa shape index (κ2) is 9.76. The first-order valence-corrected chi connectivity index (χ1v) is 10.2. The molecule has 1 amide bonds. The smallest absolute Gasteiger partial charge is 0.266 e. The maximum atomic E-state index is 12.8. The molecule has 0 aliphatic carbocycles. The Labute approximate surface area is 177 Å². The van der Waals surface area contributed by atoms with Crippen LogP contribution in [0, 0.1) is 25.2 Å². The molecule has 0 bridgehead atoms. The van der Waals surface area contributed by atoms with Crippen LogP contribution in [-0.4, -0.2) is 12.5 Å². The van der Waals surface area contributed by atoms with Crippen LogP contribution in [-0.2, 0) is 4.79 Å². The Kier molecular flexibility index (Phi) is 6.87. The van der Waals surface area contributed by atoms with Crippen LogP contribution in [0.3, 0.4) is 0 Å². The molecule has 0 aromatic heterocycles. The zero-order valence-electron chi connectivity index (χ0n) is 17.7. The Balaban J connectivity index is 1.98. The maximum Gasteiger partial charge on any atom is 0.266 e. The minimum Gasteiger partial charge on any atom is -0.493 e. The molecule has 0 spiro atoms. The first-order valence-electron chi connectivity index (χ1n) is 10.2. The van der Waals surface area contributed by atoms with Gasteiger partial charge in [-0.15, -0.1) is 0 Å². The van der Waals surface area contributed by atoms with Crippen molar-refractivity contribution in [2.24, 2.45) is 0 Å². The molecule has 152 valence electrons. The summed E-state index contributed by atoms with van der Waals surface area (Å²) in [5.74, 6) is 0.238. The van der Waals surface area contributed by atoms with Crippen LogP contribution < -0.4 is 10.1 Å². The molecular formula is C26H26N2O2. The second-order valence-electron chi connectivity index (χ2n) is 7.32. The standard InChI is InChI=1S/C26H26N2O2/c1-4-5-14-30-25-13-11-20-8-6-7-9-23(20)24(25)16-21(17-27)26(29)28-22-12-10-18(2)19(3)15-22/h6-13,15-16H,4-5,14H2,1-3H3,(H,28,29). The van der Waals surface area contributed by atoms with E-state index >= 15 is 0 Å². The summed E-state index contributed by atoms with van der Waals surface area (Å²) in [5.41, 5.74) is 3.67. The number of amides is 1. The number of aryl methyl sites for hydroxylation is 2. The van der Waals surface area contributed by atoms with E-state index in [4.69, 9.17) is 4.74 Å². The van der Waals surface area contributed by atoms with Gasteiger partial charge in [0.05, 0.1) is 6.61 Å². The second-order valence-corrected chi connectivity index (χ2v) is 7.32. The highest BCUT2D eigenvalue weighted by Gasteiger charge is 2.14. The van der Waals surface area contributed by atoms with Gasteiger partial charge in [0.25, 0.3) is 5.91 Å². The number of carbonyl (C=O) groups is 1. The van der Waals surface area contributed by atoms with E-state index in [9.17, 15) is 10.1 Å². The van der Waals surface area contributed by atoms with Crippen molar-refractivity contribution in [1.82, 2.24) is 0 Å². The molecule has 0 aliphatic heterocycles. The minimum atomic E-state index is -0.437. The topological polar surface area (TPSA) is 62.1 Å². The lowest BCUT2D eigenvalue weighted by molar-refractivity contribution is -0.112. The molecule has 0 unspecified atom stereocenters. The zero-order chi connectivity index (χ0) is 21.5. The van der Waals surface area contributed by atoms with Gasteiger partial charge in [0.1, 0.15) is 17.4 Å². The van der Waals surface area contributed by atoms with E-state index in [1.165, 1.54) is 0 Å². The molecule has 4 nitrogen and oxygen atoms in total. The Hall–Kier alpha value is -3.58. The zero-order valence-corrected chi connectivity index (χ0v) is 17.7. The number of nitriles is 1. The third-order valence-electron chi connectivity index (χ3n) is 5.10. The average molecular weight is 399 g/mol. The fourth-order valence-corrected chi connectivity index (χ4v) is 3.19. The monoisotopic (exact) mass is 398 g/mol. The van der Waals surface area contributed by atoms with Crippen molar-refractivity contribution in [2.75, 3.05) is 11.9 Å². The molecule has 30 heavy (non-hydrogen) atoms. The van der Waals surface area contributed by atoms with Crippen LogP contribution in [0.4, 0.5) is 5.69 Å². The Morgan fingerprint density at radius 3 is 2.63 bits per heavy atom. The summed E-state index contributed by atoms with van der Waals surface area (Å²) in [4.78, 5) is 12.8. The Morgan fingerprint density at radius 1 is 1.10 bits per heavy atom. The third-order valence-corrected chi connectivity index (χ3v) is 5.10. The summed E-state index contributed by atoms with van der Waals surface area (Å²) in [6.45, 7) is 6.70. The largest absolute Gasteiger partial charge is 0.493 e. The molecule has 0 atom stereocenters. The number of nitrogens with one attached hydrogen (secondary N) is 1. The van der Waals surface area contributed by atoms with Gasteiger partial charge in [0.2, 0.25) is 0 Å². The molecular weight excluding hydrogens is 372 g/mol. The number of benzene rings is 3. The van der Waals surface area contributed by atoms with Crippen LogP contribution >= 0.6 is 0 Å². The highest BCUT2D eigenvalue weighted by molar-refractivity contribution is 6.11. The lowest BCUT2D eigenvalue weighted by atomic mass is 10.0. The van der Waals surface area contributed by atoms with Crippen LogP contribution in [0.1, 0.15) is 36.5 Å². The highest BCUT2D eigenvalue weighted by atomic mass is 16.5. The number of ether oxygens (including phenoxy) is 1. The minimum absolute atomic E-state index is 0.0323. The Morgan fingerprint density at radius 2 is 1.90 bits per heavy atom. The summed E-state index contributed by atoms with van der Waals surface area (Å²) in [6.07, 6.45) is 3.59. The number of unbranched alkanes of at least 4 members (excludes halogenated alkanes) is 1. The van der Waals surface area contributed by atoms with Crippen molar-refractivity contribution >= 4 is 28.4 Å². The van der Waals surface area contributed by atoms with Gasteiger partial charge in [-0.2, -0.15) is 5.26 Å². The van der Waals surface area contributed by atoms with E-state index in [0.29, 0.717) is 18.0 Å². The predicted molar refractivity (Wildman–Crippen MR) is 122 cm³/mol. The van der Waals surface area contributed by atoms with Gasteiger partial charge >= 0.3 is 0 Å². The van der Waals surface area contributed by atoms with Gasteiger partial charge in [-0.05, 0) is 66.4 Å². The molecule has 0 fully saturated rings. The first-order chi connectivity index (χ1) is 14.5. The molecule has 0 radical (unpaired) electrons. The fourth-order valence-electron chi connectivity index (χ4n) is 3.19. The van der Waals surface area contributed by atoms with Gasteiger partial charge in [0.15, 0.2) is 0 Å². The SMILES string of the molecule is CCCCOc1ccc2ccccc2c1C=C(C#N)C(=O)Nc1ccc(C)c(C)c1. The fraction of sp³-hybridized carbons (Fsp3) is 0.231. The number of hydrogen-bond donors (Lipinski definition) is 1. The van der Waals surface area contributed by atoms with Gasteiger partial charge < -0.3 is 10.1 Å². The summed E-state index contributed by atoms with van der Waals surface area (Å²) in [5, 5.41) is 14.5. The van der Waals surface area contributed by atoms with E-state index in [0.717, 1.165) is 40.3 Å². The molecule has 3 rings (SSSR count). The van der Waals surface area contributed by atoms with Crippen molar-refractivity contribution in [3.05, 3.63) is 76.9 Å². The van der Waals surface area contributed by atoms with Gasteiger partial charge in [-0.25, -0.2) is 0 Å². The van der Waals surface area contributed by atoms with Gasteiger partial charge in [-0.3, -0.25) is 4.79 Å². The average Bonchev–Trinajstić information content (AvgIpc) is 2.75. The number of rotatable bonds is 7. The van der Waals surface area contributed by atoms with Crippen LogP contribution in [0.2, 0.25) is 0 Å². The van der Waals surface area contributed by atoms with Crippen molar-refractivity contribution in [1.29, 1.82) is 5.26 Å². The number of fused-ring (bicyclic) bond motifs is 1. The molecule has 4 heteroatoms. The molecule has 1 N–H and O–H groups in total. The number of anilines is 1. The number of nitrogens with zero attached hydrogens (tertiary/aromatic N) is 1. The van der Waals surface area contributed by atoms with Crippen molar-refractivity contribution < 1.29 is 9.53 Å². The van der Waals surface area contributed by atoms with Gasteiger partial charge in [-0.1, -0.05) is 49.7 Å². The summed E-state index contributed by atoms with van der Waals surface area (Å²) in [6, 6.07) is 19.5. The summed E-state index contributed by atoms with van der Waals surface area (Å²) < 4.78 is 5.97. The predicted octanol–water partition coefficient (Wildman–Crippen LogP) is 6.18. The number of carbonyl (C=O) groups excluding carboxylic acids is 1. The van der Waals surface area contributed by atoms with Crippen molar-refractivity contribution in [2.45, 2.75) is 33.6 Å². The highest BCUT2D eigenvalue weighted by Crippen LogP contribution is 2.30. The Bertz CT molecular complexity index is 1140. The lowest BCUT2D eigenvalue weighted by Gasteiger charge is -2.13. The van der Waals surface area contributed by atoms with Gasteiger partial charge in [0, 0.05) is 11.3 Å². The van der Waals surface area contributed by atoms with Crippen LogP contribution in [0.5, 0.6) is 5.75 Å². The first kappa shape index (κ1) is 21.1. The van der Waals surface area contributed by atoms with E-state index in [1.807, 2.05) is 74.5 Å².